The van der Waals surface area contributed by atoms with Crippen LogP contribution in [0, 0.1) is 0 Å². The van der Waals surface area contributed by atoms with Crippen LogP contribution in [0.3, 0.4) is 0 Å². The second kappa shape index (κ2) is 5.81. The number of nitrogens with one attached hydrogen (secondary N) is 1. The van der Waals surface area contributed by atoms with Crippen LogP contribution in [0.1, 0.15) is 27.8 Å². The molecule has 0 atom stereocenters. The number of anilines is 1. The lowest BCUT2D eigenvalue weighted by Crippen LogP contribution is -2.12. The summed E-state index contributed by atoms with van der Waals surface area (Å²) in [5.74, 6) is -0.769. The zero-order valence-corrected chi connectivity index (χ0v) is 10.3. The van der Waals surface area contributed by atoms with Crippen molar-refractivity contribution in [3.8, 4) is 0 Å². The highest BCUT2D eigenvalue weighted by Crippen LogP contribution is 2.11. The Hall–Kier alpha value is -2.63. The molecule has 98 valence electrons. The Morgan fingerprint density at radius 1 is 1.26 bits per heavy atom. The zero-order valence-electron chi connectivity index (χ0n) is 10.3. The second-order valence-corrected chi connectivity index (χ2v) is 3.64. The van der Waals surface area contributed by atoms with Gasteiger partial charge in [0.1, 0.15) is 6.26 Å². The quantitative estimate of drug-likeness (QED) is 0.851. The average Bonchev–Trinajstić information content (AvgIpc) is 2.94. The van der Waals surface area contributed by atoms with Crippen molar-refractivity contribution in [3.63, 3.8) is 0 Å². The van der Waals surface area contributed by atoms with Crippen LogP contribution in [0.5, 0.6) is 0 Å². The largest absolute Gasteiger partial charge is 0.462 e. The lowest BCUT2D eigenvalue weighted by molar-refractivity contribution is 0.0526. The predicted molar refractivity (Wildman–Crippen MR) is 66.9 cm³/mol. The van der Waals surface area contributed by atoms with Gasteiger partial charge in [0.25, 0.3) is 5.91 Å². The number of carbonyl (C=O) groups is 2. The van der Waals surface area contributed by atoms with Crippen LogP contribution in [0.25, 0.3) is 0 Å². The van der Waals surface area contributed by atoms with Crippen molar-refractivity contribution in [2.24, 2.45) is 0 Å². The first-order valence-electron chi connectivity index (χ1n) is 5.69. The third-order valence-corrected chi connectivity index (χ3v) is 2.32. The molecule has 0 unspecified atom stereocenters. The number of rotatable bonds is 4. The summed E-state index contributed by atoms with van der Waals surface area (Å²) in [6.07, 6.45) is 1.32. The molecular weight excluding hydrogens is 248 g/mol. The summed E-state index contributed by atoms with van der Waals surface area (Å²) in [5.41, 5.74) is 1.18. The Kier molecular flexibility index (Phi) is 3.92. The summed E-state index contributed by atoms with van der Waals surface area (Å²) in [5, 5.41) is 6.15. The maximum atomic E-state index is 11.7. The Morgan fingerprint density at radius 2 is 2.00 bits per heavy atom. The van der Waals surface area contributed by atoms with E-state index in [1.165, 1.54) is 12.3 Å². The molecule has 1 amide bonds. The summed E-state index contributed by atoms with van der Waals surface area (Å²) < 4.78 is 9.44. The summed E-state index contributed by atoms with van der Waals surface area (Å²) in [7, 11) is 0. The second-order valence-electron chi connectivity index (χ2n) is 3.64. The van der Waals surface area contributed by atoms with Gasteiger partial charge in [-0.15, -0.1) is 0 Å². The van der Waals surface area contributed by atoms with Gasteiger partial charge in [-0.1, -0.05) is 5.16 Å². The molecule has 0 saturated heterocycles. The standard InChI is InChI=1S/C13H12N2O4/c1-2-18-13(17)9-3-5-10(6-4-9)14-12(16)11-7-8-19-15-11/h3-8H,2H2,1H3,(H,14,16). The number of benzene rings is 1. The molecule has 0 aliphatic rings. The fourth-order valence-electron chi connectivity index (χ4n) is 1.43. The highest BCUT2D eigenvalue weighted by molar-refractivity contribution is 6.02. The number of carbonyl (C=O) groups excluding carboxylic acids is 2. The Morgan fingerprint density at radius 3 is 2.58 bits per heavy atom. The molecule has 1 heterocycles. The average molecular weight is 260 g/mol. The van der Waals surface area contributed by atoms with Crippen molar-refractivity contribution in [3.05, 3.63) is 47.9 Å². The van der Waals surface area contributed by atoms with E-state index in [-0.39, 0.29) is 11.6 Å². The maximum absolute atomic E-state index is 11.7. The first-order chi connectivity index (χ1) is 9.20. The molecule has 1 aromatic heterocycles. The van der Waals surface area contributed by atoms with Crippen LogP contribution in [0.4, 0.5) is 5.69 Å². The Balaban J connectivity index is 2.03. The fraction of sp³-hybridized carbons (Fsp3) is 0.154. The summed E-state index contributed by atoms with van der Waals surface area (Å²) in [6, 6.07) is 7.85. The number of nitrogens with zero attached hydrogens (tertiary/aromatic N) is 1. The number of hydrogen-bond donors (Lipinski definition) is 1. The normalized spacial score (nSPS) is 9.95. The number of hydrogen-bond acceptors (Lipinski definition) is 5. The first kappa shape index (κ1) is 12.8. The number of ether oxygens (including phenoxy) is 1. The molecule has 19 heavy (non-hydrogen) atoms. The molecule has 0 radical (unpaired) electrons. The minimum atomic E-state index is -0.392. The third-order valence-electron chi connectivity index (χ3n) is 2.32. The molecule has 0 aliphatic heterocycles. The zero-order chi connectivity index (χ0) is 13.7. The molecule has 0 fully saturated rings. The highest BCUT2D eigenvalue weighted by atomic mass is 16.5. The van der Waals surface area contributed by atoms with E-state index in [1.807, 2.05) is 0 Å². The van der Waals surface area contributed by atoms with Gasteiger partial charge >= 0.3 is 5.97 Å². The van der Waals surface area contributed by atoms with E-state index in [0.29, 0.717) is 17.9 Å². The number of aromatic nitrogens is 1. The van der Waals surface area contributed by atoms with Gasteiger partial charge in [-0.25, -0.2) is 4.79 Å². The van der Waals surface area contributed by atoms with Crippen molar-refractivity contribution in [2.45, 2.75) is 6.92 Å². The monoisotopic (exact) mass is 260 g/mol. The van der Waals surface area contributed by atoms with E-state index in [4.69, 9.17) is 4.74 Å². The van der Waals surface area contributed by atoms with Crippen LogP contribution in [0.15, 0.2) is 41.1 Å². The van der Waals surface area contributed by atoms with Crippen molar-refractivity contribution in [1.29, 1.82) is 0 Å². The van der Waals surface area contributed by atoms with Crippen LogP contribution >= 0.6 is 0 Å². The van der Waals surface area contributed by atoms with Gasteiger partial charge in [0, 0.05) is 11.8 Å². The molecule has 2 rings (SSSR count). The van der Waals surface area contributed by atoms with Crippen LogP contribution in [-0.4, -0.2) is 23.6 Å². The molecule has 0 spiro atoms. The molecular formula is C13H12N2O4. The van der Waals surface area contributed by atoms with Crippen LogP contribution in [0.2, 0.25) is 0 Å². The summed E-state index contributed by atoms with van der Waals surface area (Å²) in [6.45, 7) is 2.06. The van der Waals surface area contributed by atoms with Gasteiger partial charge in [-0.05, 0) is 31.2 Å². The van der Waals surface area contributed by atoms with Gasteiger partial charge in [-0.3, -0.25) is 4.79 Å². The van der Waals surface area contributed by atoms with Crippen molar-refractivity contribution < 1.29 is 18.8 Å². The van der Waals surface area contributed by atoms with Gasteiger partial charge in [-0.2, -0.15) is 0 Å². The van der Waals surface area contributed by atoms with E-state index in [2.05, 4.69) is 15.0 Å². The molecule has 0 bridgehead atoms. The van der Waals surface area contributed by atoms with Gasteiger partial charge in [0.05, 0.1) is 12.2 Å². The van der Waals surface area contributed by atoms with E-state index >= 15 is 0 Å². The molecule has 0 saturated carbocycles. The molecule has 6 heteroatoms. The van der Waals surface area contributed by atoms with E-state index in [9.17, 15) is 9.59 Å². The lowest BCUT2D eigenvalue weighted by Gasteiger charge is -2.04. The van der Waals surface area contributed by atoms with E-state index < -0.39 is 5.97 Å². The van der Waals surface area contributed by atoms with Crippen molar-refractivity contribution >= 4 is 17.6 Å². The van der Waals surface area contributed by atoms with Crippen LogP contribution in [-0.2, 0) is 4.74 Å². The van der Waals surface area contributed by atoms with Crippen molar-refractivity contribution in [2.75, 3.05) is 11.9 Å². The topological polar surface area (TPSA) is 81.4 Å². The predicted octanol–water partition coefficient (Wildman–Crippen LogP) is 2.10. The minimum absolute atomic E-state index is 0.189. The molecule has 1 N–H and O–H groups in total. The van der Waals surface area contributed by atoms with Crippen LogP contribution < -0.4 is 5.32 Å². The smallest absolute Gasteiger partial charge is 0.338 e. The van der Waals surface area contributed by atoms with E-state index in [0.717, 1.165) is 0 Å². The molecule has 6 nitrogen and oxygen atoms in total. The van der Waals surface area contributed by atoms with Crippen molar-refractivity contribution in [1.82, 2.24) is 5.16 Å². The molecule has 1 aromatic carbocycles. The lowest BCUT2D eigenvalue weighted by atomic mass is 10.2. The number of amides is 1. The Labute approximate surface area is 109 Å². The maximum Gasteiger partial charge on any atom is 0.338 e. The summed E-state index contributed by atoms with van der Waals surface area (Å²) >= 11 is 0. The highest BCUT2D eigenvalue weighted by Gasteiger charge is 2.10. The molecule has 0 aliphatic carbocycles. The SMILES string of the molecule is CCOC(=O)c1ccc(NC(=O)c2ccon2)cc1. The van der Waals surface area contributed by atoms with Gasteiger partial charge in [0.15, 0.2) is 5.69 Å². The molecule has 2 aromatic rings. The summed E-state index contributed by atoms with van der Waals surface area (Å²) in [4.78, 5) is 23.1. The van der Waals surface area contributed by atoms with Gasteiger partial charge in [0.2, 0.25) is 0 Å². The third kappa shape index (κ3) is 3.19. The first-order valence-corrected chi connectivity index (χ1v) is 5.69. The number of esters is 1. The fourth-order valence-corrected chi connectivity index (χ4v) is 1.43. The Bertz CT molecular complexity index is 561. The van der Waals surface area contributed by atoms with E-state index in [1.54, 1.807) is 31.2 Å². The minimum Gasteiger partial charge on any atom is -0.462 e. The van der Waals surface area contributed by atoms with Gasteiger partial charge < -0.3 is 14.6 Å².